The standard InChI is InChI=1S/C15H18O3/c16-15(18-11-6-2-1-3-7-11)13-10-17-14-9-5-4-8-12(13)14/h4-5,8-9,11,13H,1-3,6-7,10H2. The lowest BCUT2D eigenvalue weighted by molar-refractivity contribution is -0.152. The molecule has 1 heterocycles. The molecule has 0 saturated heterocycles. The molecule has 1 aromatic carbocycles. The summed E-state index contributed by atoms with van der Waals surface area (Å²) < 4.78 is 11.1. The van der Waals surface area contributed by atoms with E-state index in [1.807, 2.05) is 24.3 Å². The van der Waals surface area contributed by atoms with Crippen molar-refractivity contribution >= 4 is 5.97 Å². The van der Waals surface area contributed by atoms with Gasteiger partial charge in [-0.2, -0.15) is 0 Å². The highest BCUT2D eigenvalue weighted by Gasteiger charge is 2.32. The molecule has 3 rings (SSSR count). The van der Waals surface area contributed by atoms with Gasteiger partial charge in [0.15, 0.2) is 0 Å². The van der Waals surface area contributed by atoms with E-state index < -0.39 is 0 Å². The lowest BCUT2D eigenvalue weighted by Crippen LogP contribution is -2.25. The van der Waals surface area contributed by atoms with E-state index in [1.54, 1.807) is 0 Å². The summed E-state index contributed by atoms with van der Waals surface area (Å²) in [6, 6.07) is 7.72. The fraction of sp³-hybridized carbons (Fsp3) is 0.533. The largest absolute Gasteiger partial charge is 0.492 e. The summed E-state index contributed by atoms with van der Waals surface area (Å²) in [5, 5.41) is 0. The number of carbonyl (C=O) groups is 1. The van der Waals surface area contributed by atoms with Crippen molar-refractivity contribution in [2.75, 3.05) is 6.61 Å². The van der Waals surface area contributed by atoms with Crippen molar-refractivity contribution in [2.45, 2.75) is 44.1 Å². The molecule has 0 spiro atoms. The van der Waals surface area contributed by atoms with Crippen molar-refractivity contribution in [1.82, 2.24) is 0 Å². The quantitative estimate of drug-likeness (QED) is 0.752. The summed E-state index contributed by atoms with van der Waals surface area (Å²) in [6.45, 7) is 0.422. The summed E-state index contributed by atoms with van der Waals surface area (Å²) in [4.78, 5) is 12.2. The van der Waals surface area contributed by atoms with Gasteiger partial charge in [-0.1, -0.05) is 24.6 Å². The first kappa shape index (κ1) is 11.6. The number of hydrogen-bond donors (Lipinski definition) is 0. The maximum Gasteiger partial charge on any atom is 0.317 e. The predicted molar refractivity (Wildman–Crippen MR) is 67.6 cm³/mol. The van der Waals surface area contributed by atoms with Gasteiger partial charge < -0.3 is 9.47 Å². The molecule has 3 heteroatoms. The van der Waals surface area contributed by atoms with E-state index in [-0.39, 0.29) is 18.0 Å². The third-order valence-electron chi connectivity index (χ3n) is 3.82. The van der Waals surface area contributed by atoms with Gasteiger partial charge in [-0.25, -0.2) is 0 Å². The molecule has 2 aliphatic rings. The fourth-order valence-electron chi connectivity index (χ4n) is 2.79. The minimum atomic E-state index is -0.233. The second kappa shape index (κ2) is 5.01. The number of benzene rings is 1. The molecular weight excluding hydrogens is 228 g/mol. The first-order valence-corrected chi connectivity index (χ1v) is 6.77. The van der Waals surface area contributed by atoms with Crippen LogP contribution in [0.15, 0.2) is 24.3 Å². The number of fused-ring (bicyclic) bond motifs is 1. The molecule has 1 aromatic rings. The minimum Gasteiger partial charge on any atom is -0.492 e. The molecule has 0 N–H and O–H groups in total. The Labute approximate surface area is 107 Å². The summed E-state index contributed by atoms with van der Waals surface area (Å²) >= 11 is 0. The zero-order valence-electron chi connectivity index (χ0n) is 10.4. The molecule has 0 bridgehead atoms. The zero-order valence-corrected chi connectivity index (χ0v) is 10.4. The highest BCUT2D eigenvalue weighted by Crippen LogP contribution is 2.35. The number of rotatable bonds is 2. The second-order valence-corrected chi connectivity index (χ2v) is 5.10. The Kier molecular flexibility index (Phi) is 3.22. The van der Waals surface area contributed by atoms with Crippen LogP contribution in [0.3, 0.4) is 0 Å². The molecule has 1 unspecified atom stereocenters. The Morgan fingerprint density at radius 2 is 1.94 bits per heavy atom. The topological polar surface area (TPSA) is 35.5 Å². The van der Waals surface area contributed by atoms with Gasteiger partial charge in [0, 0.05) is 5.56 Å². The van der Waals surface area contributed by atoms with Crippen LogP contribution in [0.2, 0.25) is 0 Å². The molecular formula is C15H18O3. The molecule has 0 radical (unpaired) electrons. The maximum atomic E-state index is 12.2. The third kappa shape index (κ3) is 2.22. The average molecular weight is 246 g/mol. The minimum absolute atomic E-state index is 0.119. The molecule has 0 aromatic heterocycles. The van der Waals surface area contributed by atoms with Crippen LogP contribution in [0.4, 0.5) is 0 Å². The Balaban J connectivity index is 1.67. The first-order chi connectivity index (χ1) is 8.84. The Bertz CT molecular complexity index is 435. The van der Waals surface area contributed by atoms with Gasteiger partial charge in [0.25, 0.3) is 0 Å². The number of hydrogen-bond acceptors (Lipinski definition) is 3. The van der Waals surface area contributed by atoms with E-state index in [0.29, 0.717) is 6.61 Å². The van der Waals surface area contributed by atoms with Gasteiger partial charge in [0.05, 0.1) is 0 Å². The Hall–Kier alpha value is -1.51. The molecule has 1 atom stereocenters. The normalized spacial score (nSPS) is 23.2. The van der Waals surface area contributed by atoms with Crippen LogP contribution < -0.4 is 4.74 Å². The van der Waals surface area contributed by atoms with Gasteiger partial charge >= 0.3 is 5.97 Å². The zero-order chi connectivity index (χ0) is 12.4. The first-order valence-electron chi connectivity index (χ1n) is 6.77. The highest BCUT2D eigenvalue weighted by molar-refractivity contribution is 5.80. The van der Waals surface area contributed by atoms with Gasteiger partial charge in [-0.3, -0.25) is 4.79 Å². The van der Waals surface area contributed by atoms with Crippen LogP contribution >= 0.6 is 0 Å². The lowest BCUT2D eigenvalue weighted by atomic mass is 9.97. The van der Waals surface area contributed by atoms with E-state index in [1.165, 1.54) is 19.3 Å². The Morgan fingerprint density at radius 3 is 2.78 bits per heavy atom. The average Bonchev–Trinajstić information content (AvgIpc) is 2.84. The number of ether oxygens (including phenoxy) is 2. The van der Waals surface area contributed by atoms with Crippen molar-refractivity contribution in [3.8, 4) is 5.75 Å². The third-order valence-corrected chi connectivity index (χ3v) is 3.82. The van der Waals surface area contributed by atoms with Crippen LogP contribution in [0, 0.1) is 0 Å². The van der Waals surface area contributed by atoms with Gasteiger partial charge in [0.2, 0.25) is 0 Å². The number of carbonyl (C=O) groups excluding carboxylic acids is 1. The molecule has 1 saturated carbocycles. The number of esters is 1. The molecule has 1 fully saturated rings. The maximum absolute atomic E-state index is 12.2. The van der Waals surface area contributed by atoms with Crippen LogP contribution in [0.5, 0.6) is 5.75 Å². The van der Waals surface area contributed by atoms with Gasteiger partial charge in [-0.15, -0.1) is 0 Å². The van der Waals surface area contributed by atoms with E-state index in [4.69, 9.17) is 9.47 Å². The van der Waals surface area contributed by atoms with Gasteiger partial charge in [-0.05, 0) is 31.7 Å². The van der Waals surface area contributed by atoms with Crippen molar-refractivity contribution < 1.29 is 14.3 Å². The van der Waals surface area contributed by atoms with Crippen molar-refractivity contribution in [3.63, 3.8) is 0 Å². The van der Waals surface area contributed by atoms with Crippen molar-refractivity contribution in [3.05, 3.63) is 29.8 Å². The molecule has 0 amide bonds. The van der Waals surface area contributed by atoms with Crippen molar-refractivity contribution in [2.24, 2.45) is 0 Å². The SMILES string of the molecule is O=C(OC1CCCCC1)C1COc2ccccc21. The summed E-state index contributed by atoms with van der Waals surface area (Å²) in [6.07, 6.45) is 5.77. The highest BCUT2D eigenvalue weighted by atomic mass is 16.5. The monoisotopic (exact) mass is 246 g/mol. The molecule has 1 aliphatic heterocycles. The second-order valence-electron chi connectivity index (χ2n) is 5.10. The van der Waals surface area contributed by atoms with Crippen LogP contribution in [-0.4, -0.2) is 18.7 Å². The molecule has 96 valence electrons. The van der Waals surface area contributed by atoms with Crippen LogP contribution in [0.1, 0.15) is 43.6 Å². The van der Waals surface area contributed by atoms with Crippen LogP contribution in [0.25, 0.3) is 0 Å². The smallest absolute Gasteiger partial charge is 0.317 e. The summed E-state index contributed by atoms with van der Waals surface area (Å²) in [7, 11) is 0. The number of para-hydroxylation sites is 1. The van der Waals surface area contributed by atoms with Crippen LogP contribution in [-0.2, 0) is 9.53 Å². The summed E-state index contributed by atoms with van der Waals surface area (Å²) in [5.41, 5.74) is 0.971. The van der Waals surface area contributed by atoms with Gasteiger partial charge in [0.1, 0.15) is 24.4 Å². The summed E-state index contributed by atoms with van der Waals surface area (Å²) in [5.74, 6) is 0.470. The lowest BCUT2D eigenvalue weighted by Gasteiger charge is -2.23. The molecule has 1 aliphatic carbocycles. The molecule has 3 nitrogen and oxygen atoms in total. The predicted octanol–water partition coefficient (Wildman–Crippen LogP) is 3.04. The van der Waals surface area contributed by atoms with Crippen molar-refractivity contribution in [1.29, 1.82) is 0 Å². The van der Waals surface area contributed by atoms with E-state index in [2.05, 4.69) is 0 Å². The fourth-order valence-corrected chi connectivity index (χ4v) is 2.79. The van der Waals surface area contributed by atoms with E-state index in [0.717, 1.165) is 24.2 Å². The van der Waals surface area contributed by atoms with E-state index in [9.17, 15) is 4.79 Å². The van der Waals surface area contributed by atoms with E-state index >= 15 is 0 Å². The Morgan fingerprint density at radius 1 is 1.17 bits per heavy atom. The molecule has 18 heavy (non-hydrogen) atoms.